The van der Waals surface area contributed by atoms with Crippen LogP contribution in [0.3, 0.4) is 0 Å². The van der Waals surface area contributed by atoms with Crippen molar-refractivity contribution in [2.24, 2.45) is 0 Å². The Bertz CT molecular complexity index is 297. The summed E-state index contributed by atoms with van der Waals surface area (Å²) in [7, 11) is 1.93. The van der Waals surface area contributed by atoms with Gasteiger partial charge in [0.05, 0.1) is 11.7 Å². The molecule has 3 nitrogen and oxygen atoms in total. The molecule has 0 aliphatic rings. The Balaban J connectivity index is 2.57. The molecule has 0 radical (unpaired) electrons. The maximum Gasteiger partial charge on any atom is 0.146 e. The van der Waals surface area contributed by atoms with Gasteiger partial charge < -0.3 is 0 Å². The van der Waals surface area contributed by atoms with Crippen molar-refractivity contribution >= 4 is 5.78 Å². The van der Waals surface area contributed by atoms with Crippen molar-refractivity contribution in [3.05, 3.63) is 30.1 Å². The van der Waals surface area contributed by atoms with Crippen molar-refractivity contribution in [1.29, 1.82) is 0 Å². The summed E-state index contributed by atoms with van der Waals surface area (Å²) in [5, 5.41) is 0. The lowest BCUT2D eigenvalue weighted by Gasteiger charge is -2.21. The Labute approximate surface area is 84.8 Å². The van der Waals surface area contributed by atoms with Crippen LogP contribution in [-0.2, 0) is 11.3 Å². The van der Waals surface area contributed by atoms with Crippen LogP contribution in [0.5, 0.6) is 0 Å². The maximum atomic E-state index is 11.1. The molecule has 1 rings (SSSR count). The molecule has 1 unspecified atom stereocenters. The van der Waals surface area contributed by atoms with Gasteiger partial charge in [-0.3, -0.25) is 14.7 Å². The summed E-state index contributed by atoms with van der Waals surface area (Å²) in [4.78, 5) is 17.3. The van der Waals surface area contributed by atoms with Gasteiger partial charge in [0.25, 0.3) is 0 Å². The molecule has 0 fully saturated rings. The maximum absolute atomic E-state index is 11.1. The Morgan fingerprint density at radius 3 is 2.79 bits per heavy atom. The number of hydrogen-bond donors (Lipinski definition) is 0. The SMILES string of the molecule is CC(=O)C(C)N(C)Cc1ccccn1. The van der Waals surface area contributed by atoms with Gasteiger partial charge in [-0.2, -0.15) is 0 Å². The summed E-state index contributed by atoms with van der Waals surface area (Å²) in [6.45, 7) is 4.23. The molecule has 1 aromatic rings. The van der Waals surface area contributed by atoms with Gasteiger partial charge in [-0.25, -0.2) is 0 Å². The quantitative estimate of drug-likeness (QED) is 0.724. The number of nitrogens with zero attached hydrogens (tertiary/aromatic N) is 2. The first kappa shape index (κ1) is 10.9. The van der Waals surface area contributed by atoms with Gasteiger partial charge in [-0.1, -0.05) is 6.07 Å². The molecular formula is C11H16N2O. The first-order valence-electron chi connectivity index (χ1n) is 4.72. The lowest BCUT2D eigenvalue weighted by molar-refractivity contribution is -0.121. The Hall–Kier alpha value is -1.22. The number of carbonyl (C=O) groups excluding carboxylic acids is 1. The number of ketones is 1. The van der Waals surface area contributed by atoms with Gasteiger partial charge in [-0.05, 0) is 33.0 Å². The minimum absolute atomic E-state index is 0.0444. The molecule has 1 atom stereocenters. The molecule has 0 amide bonds. The molecule has 0 aliphatic carbocycles. The van der Waals surface area contributed by atoms with E-state index in [9.17, 15) is 4.79 Å². The predicted molar refractivity (Wildman–Crippen MR) is 55.8 cm³/mol. The fourth-order valence-electron chi connectivity index (χ4n) is 1.19. The molecule has 0 spiro atoms. The molecule has 3 heteroatoms. The summed E-state index contributed by atoms with van der Waals surface area (Å²) >= 11 is 0. The first-order valence-corrected chi connectivity index (χ1v) is 4.72. The molecule has 14 heavy (non-hydrogen) atoms. The molecular weight excluding hydrogens is 176 g/mol. The van der Waals surface area contributed by atoms with Gasteiger partial charge in [0.2, 0.25) is 0 Å². The van der Waals surface area contributed by atoms with Crippen molar-refractivity contribution in [2.75, 3.05) is 7.05 Å². The normalized spacial score (nSPS) is 12.9. The molecule has 1 aromatic heterocycles. The van der Waals surface area contributed by atoms with E-state index in [2.05, 4.69) is 4.98 Å². The highest BCUT2D eigenvalue weighted by Gasteiger charge is 2.13. The molecule has 0 saturated carbocycles. The summed E-state index contributed by atoms with van der Waals surface area (Å²) in [6, 6.07) is 5.76. The van der Waals surface area contributed by atoms with Gasteiger partial charge >= 0.3 is 0 Å². The van der Waals surface area contributed by atoms with E-state index in [0.29, 0.717) is 6.54 Å². The number of Topliss-reactive ketones (excluding diaryl/α,β-unsaturated/α-hetero) is 1. The van der Waals surface area contributed by atoms with Crippen molar-refractivity contribution in [1.82, 2.24) is 9.88 Å². The van der Waals surface area contributed by atoms with E-state index < -0.39 is 0 Å². The third kappa shape index (κ3) is 2.92. The molecule has 0 aromatic carbocycles. The van der Waals surface area contributed by atoms with E-state index in [1.54, 1.807) is 13.1 Å². The second-order valence-electron chi connectivity index (χ2n) is 3.52. The second-order valence-corrected chi connectivity index (χ2v) is 3.52. The van der Waals surface area contributed by atoms with Gasteiger partial charge in [0.1, 0.15) is 5.78 Å². The van der Waals surface area contributed by atoms with Crippen molar-refractivity contribution in [3.63, 3.8) is 0 Å². The summed E-state index contributed by atoms with van der Waals surface area (Å²) in [5.41, 5.74) is 0.989. The lowest BCUT2D eigenvalue weighted by atomic mass is 10.2. The number of hydrogen-bond acceptors (Lipinski definition) is 3. The molecule has 0 aliphatic heterocycles. The Morgan fingerprint density at radius 1 is 1.57 bits per heavy atom. The minimum atomic E-state index is -0.0444. The number of pyridine rings is 1. The number of aromatic nitrogens is 1. The summed E-state index contributed by atoms with van der Waals surface area (Å²) < 4.78 is 0. The van der Waals surface area contributed by atoms with Crippen LogP contribution in [0.25, 0.3) is 0 Å². The zero-order valence-corrected chi connectivity index (χ0v) is 8.90. The fourth-order valence-corrected chi connectivity index (χ4v) is 1.19. The molecule has 0 N–H and O–H groups in total. The smallest absolute Gasteiger partial charge is 0.146 e. The standard InChI is InChI=1S/C11H16N2O/c1-9(10(2)14)13(3)8-11-6-4-5-7-12-11/h4-7,9H,8H2,1-3H3. The highest BCUT2D eigenvalue weighted by atomic mass is 16.1. The second kappa shape index (κ2) is 4.86. The van der Waals surface area contributed by atoms with Crippen LogP contribution in [-0.4, -0.2) is 28.8 Å². The van der Waals surface area contributed by atoms with Gasteiger partial charge in [-0.15, -0.1) is 0 Å². The molecule has 76 valence electrons. The average Bonchev–Trinajstić information content (AvgIpc) is 2.18. The fraction of sp³-hybridized carbons (Fsp3) is 0.455. The van der Waals surface area contributed by atoms with E-state index in [1.165, 1.54) is 0 Å². The molecule has 1 heterocycles. The third-order valence-corrected chi connectivity index (χ3v) is 2.39. The van der Waals surface area contributed by atoms with Gasteiger partial charge in [0.15, 0.2) is 0 Å². The zero-order chi connectivity index (χ0) is 10.6. The van der Waals surface area contributed by atoms with E-state index in [1.807, 2.05) is 37.1 Å². The van der Waals surface area contributed by atoms with Crippen molar-refractivity contribution in [2.45, 2.75) is 26.4 Å². The van der Waals surface area contributed by atoms with Crippen LogP contribution in [0, 0.1) is 0 Å². The monoisotopic (exact) mass is 192 g/mol. The summed E-state index contributed by atoms with van der Waals surface area (Å²) in [5.74, 6) is 0.184. The van der Waals surface area contributed by atoms with E-state index >= 15 is 0 Å². The van der Waals surface area contributed by atoms with Crippen LogP contribution in [0.1, 0.15) is 19.5 Å². The highest BCUT2D eigenvalue weighted by molar-refractivity contribution is 5.80. The molecule has 0 saturated heterocycles. The van der Waals surface area contributed by atoms with Crippen molar-refractivity contribution < 1.29 is 4.79 Å². The first-order chi connectivity index (χ1) is 6.61. The minimum Gasteiger partial charge on any atom is -0.298 e. The average molecular weight is 192 g/mol. The van der Waals surface area contributed by atoms with Crippen LogP contribution < -0.4 is 0 Å². The topological polar surface area (TPSA) is 33.2 Å². The van der Waals surface area contributed by atoms with Crippen molar-refractivity contribution in [3.8, 4) is 0 Å². The Kier molecular flexibility index (Phi) is 3.77. The van der Waals surface area contributed by atoms with Gasteiger partial charge in [0, 0.05) is 12.7 Å². The van der Waals surface area contributed by atoms with E-state index in [0.717, 1.165) is 5.69 Å². The summed E-state index contributed by atoms with van der Waals surface area (Å²) in [6.07, 6.45) is 1.77. The molecule has 0 bridgehead atoms. The van der Waals surface area contributed by atoms with Crippen LogP contribution in [0.2, 0.25) is 0 Å². The number of rotatable bonds is 4. The van der Waals surface area contributed by atoms with Crippen LogP contribution >= 0.6 is 0 Å². The van der Waals surface area contributed by atoms with Crippen LogP contribution in [0.4, 0.5) is 0 Å². The predicted octanol–water partition coefficient (Wildman–Crippen LogP) is 1.49. The van der Waals surface area contributed by atoms with E-state index in [4.69, 9.17) is 0 Å². The van der Waals surface area contributed by atoms with Crippen LogP contribution in [0.15, 0.2) is 24.4 Å². The zero-order valence-electron chi connectivity index (χ0n) is 8.90. The Morgan fingerprint density at radius 2 is 2.29 bits per heavy atom. The highest BCUT2D eigenvalue weighted by Crippen LogP contribution is 2.03. The largest absolute Gasteiger partial charge is 0.298 e. The van der Waals surface area contributed by atoms with E-state index in [-0.39, 0.29) is 11.8 Å². The number of likely N-dealkylation sites (N-methyl/N-ethyl adjacent to an activating group) is 1. The lowest BCUT2D eigenvalue weighted by Crippen LogP contribution is -2.34. The third-order valence-electron chi connectivity index (χ3n) is 2.39. The number of carbonyl (C=O) groups is 1.